The molecule has 0 aliphatic heterocycles. The zero-order chi connectivity index (χ0) is 45.7. The molecule has 14 heteroatoms. The number of phenols is 8. The Balaban J connectivity index is 0.000000254. The van der Waals surface area contributed by atoms with E-state index in [-0.39, 0.29) is 56.9 Å². The van der Waals surface area contributed by atoms with Crippen molar-refractivity contribution in [3.8, 4) is 68.2 Å². The summed E-state index contributed by atoms with van der Waals surface area (Å²) in [6.45, 7) is 7.05. The number of nitrogens with zero attached hydrogens (tertiary/aromatic N) is 4. The van der Waals surface area contributed by atoms with Crippen LogP contribution in [0.5, 0.6) is 46.0 Å². The van der Waals surface area contributed by atoms with Gasteiger partial charge in [0, 0.05) is 142 Å². The fraction of sp³-hybridized carbons (Fsp3) is 0.154. The van der Waals surface area contributed by atoms with Crippen LogP contribution in [0.15, 0.2) is 147 Å². The monoisotopic (exact) mass is 892 g/mol. The second-order valence-electron chi connectivity index (χ2n) is 15.7. The molecule has 0 spiro atoms. The van der Waals surface area contributed by atoms with Crippen LogP contribution >= 0.6 is 0 Å². The average molecular weight is 893 g/mol. The largest absolute Gasteiger partial charge is 0.508 e. The highest BCUT2D eigenvalue weighted by molar-refractivity contribution is 5.64. The molecule has 4 heterocycles. The van der Waals surface area contributed by atoms with Crippen molar-refractivity contribution in [3.63, 3.8) is 0 Å². The number of hydrogen-bond acceptors (Lipinski definition) is 12. The molecule has 14 nitrogen and oxygen atoms in total. The number of hydrogen-bond donors (Lipinski definition) is 8. The van der Waals surface area contributed by atoms with Gasteiger partial charge in [0.15, 0.2) is 0 Å². The van der Waals surface area contributed by atoms with Crippen LogP contribution in [0, 0.1) is 0 Å². The molecule has 4 aromatic heterocycles. The van der Waals surface area contributed by atoms with Crippen LogP contribution in [0.2, 0.25) is 0 Å². The Morgan fingerprint density at radius 3 is 0.530 bits per heavy atom. The molecular weight excluding hydrogens is 841 g/mol. The SMILES string of the molecule is CC1c2cc(c(O)cc2O)C(C)c2cc(c(O)cc2O)C(C)c2cc(c(O)cc2O)C(C)c2cc1c(O)cc2O.O.O.c1cc(-c2ccncc2)ccn1.c1cc(-c2ccncc2)ccn1. The third-order valence-corrected chi connectivity index (χ3v) is 11.8. The van der Waals surface area contributed by atoms with E-state index >= 15 is 0 Å². The highest BCUT2D eigenvalue weighted by Crippen LogP contribution is 2.49. The van der Waals surface area contributed by atoms with Crippen LogP contribution in [0.1, 0.15) is 95.9 Å². The molecule has 340 valence electrons. The van der Waals surface area contributed by atoms with Crippen LogP contribution in [0.3, 0.4) is 0 Å². The second kappa shape index (κ2) is 21.0. The summed E-state index contributed by atoms with van der Waals surface area (Å²) in [5.41, 5.74) is 7.86. The average Bonchev–Trinajstić information content (AvgIpc) is 3.30. The van der Waals surface area contributed by atoms with Crippen molar-refractivity contribution in [2.75, 3.05) is 0 Å². The van der Waals surface area contributed by atoms with Crippen molar-refractivity contribution in [2.45, 2.75) is 51.4 Å². The second-order valence-corrected chi connectivity index (χ2v) is 15.7. The Morgan fingerprint density at radius 1 is 0.258 bits per heavy atom. The predicted molar refractivity (Wildman–Crippen MR) is 251 cm³/mol. The third kappa shape index (κ3) is 10.3. The van der Waals surface area contributed by atoms with E-state index in [0.29, 0.717) is 44.5 Å². The number of aromatic nitrogens is 4. The first-order chi connectivity index (χ1) is 30.7. The van der Waals surface area contributed by atoms with Gasteiger partial charge in [-0.15, -0.1) is 0 Å². The van der Waals surface area contributed by atoms with Crippen LogP contribution < -0.4 is 0 Å². The lowest BCUT2D eigenvalue weighted by Crippen LogP contribution is -2.07. The van der Waals surface area contributed by atoms with Crippen molar-refractivity contribution in [1.82, 2.24) is 19.9 Å². The number of rotatable bonds is 2. The maximum absolute atomic E-state index is 10.8. The van der Waals surface area contributed by atoms with Gasteiger partial charge < -0.3 is 51.8 Å². The molecule has 1 aliphatic carbocycles. The van der Waals surface area contributed by atoms with Gasteiger partial charge in [0.2, 0.25) is 0 Å². The van der Waals surface area contributed by atoms with Crippen LogP contribution in [-0.4, -0.2) is 71.7 Å². The molecule has 1 aliphatic rings. The highest BCUT2D eigenvalue weighted by atomic mass is 16.3. The molecule has 0 fully saturated rings. The topological polar surface area (TPSA) is 276 Å². The van der Waals surface area contributed by atoms with Gasteiger partial charge in [-0.3, -0.25) is 19.9 Å². The minimum Gasteiger partial charge on any atom is -0.508 e. The Bertz CT molecular complexity index is 2390. The lowest BCUT2D eigenvalue weighted by Gasteiger charge is -2.25. The van der Waals surface area contributed by atoms with Gasteiger partial charge >= 0.3 is 0 Å². The third-order valence-electron chi connectivity index (χ3n) is 11.8. The van der Waals surface area contributed by atoms with Crippen molar-refractivity contribution < 1.29 is 51.8 Å². The Morgan fingerprint density at radius 2 is 0.394 bits per heavy atom. The molecule has 0 atom stereocenters. The van der Waals surface area contributed by atoms with E-state index in [4.69, 9.17) is 0 Å². The lowest BCUT2D eigenvalue weighted by molar-refractivity contribution is 0.429. The van der Waals surface area contributed by atoms with Gasteiger partial charge in [-0.25, -0.2) is 0 Å². The van der Waals surface area contributed by atoms with E-state index in [1.54, 1.807) is 102 Å². The van der Waals surface area contributed by atoms with Crippen LogP contribution in [-0.2, 0) is 0 Å². The van der Waals surface area contributed by atoms with Crippen LogP contribution in [0.25, 0.3) is 22.3 Å². The van der Waals surface area contributed by atoms with E-state index in [0.717, 1.165) is 0 Å². The van der Waals surface area contributed by atoms with Gasteiger partial charge in [-0.1, -0.05) is 27.7 Å². The fourth-order valence-corrected chi connectivity index (χ4v) is 8.07. The van der Waals surface area contributed by atoms with Gasteiger partial charge in [-0.2, -0.15) is 0 Å². The minimum absolute atomic E-state index is 0. The van der Waals surface area contributed by atoms with Gasteiger partial charge in [0.05, 0.1) is 0 Å². The highest BCUT2D eigenvalue weighted by Gasteiger charge is 2.29. The van der Waals surface area contributed by atoms with Crippen molar-refractivity contribution in [3.05, 3.63) is 191 Å². The van der Waals surface area contributed by atoms with E-state index in [1.807, 2.05) is 48.5 Å². The number of benzene rings is 4. The predicted octanol–water partition coefficient (Wildman–Crippen LogP) is 8.89. The minimum atomic E-state index is -0.598. The molecule has 12 N–H and O–H groups in total. The lowest BCUT2D eigenvalue weighted by atomic mass is 9.81. The summed E-state index contributed by atoms with van der Waals surface area (Å²) in [5, 5.41) is 86.5. The van der Waals surface area contributed by atoms with Crippen molar-refractivity contribution in [2.24, 2.45) is 0 Å². The molecule has 0 saturated heterocycles. The summed E-state index contributed by atoms with van der Waals surface area (Å²) < 4.78 is 0. The van der Waals surface area contributed by atoms with E-state index < -0.39 is 23.7 Å². The summed E-state index contributed by atoms with van der Waals surface area (Å²) in [6.07, 6.45) is 14.3. The van der Waals surface area contributed by atoms with Gasteiger partial charge in [-0.05, 0) is 95.1 Å². The van der Waals surface area contributed by atoms with Gasteiger partial charge in [0.1, 0.15) is 46.0 Å². The molecule has 0 unspecified atom stereocenters. The molecule has 4 aromatic carbocycles. The zero-order valence-corrected chi connectivity index (χ0v) is 36.5. The van der Waals surface area contributed by atoms with Crippen molar-refractivity contribution >= 4 is 0 Å². The number of pyridine rings is 4. The molecule has 0 amide bonds. The summed E-state index contributed by atoms with van der Waals surface area (Å²) in [4.78, 5) is 15.8. The van der Waals surface area contributed by atoms with E-state index in [9.17, 15) is 40.9 Å². The molecule has 66 heavy (non-hydrogen) atoms. The first-order valence-electron chi connectivity index (χ1n) is 20.6. The standard InChI is InChI=1S/C32H32O8.2C10H8N2.2H2O/c1-13-17-5-19(27(35)9-25(17)33)14(2)21-7-23(31(39)11-29(21)37)16(4)24-8-22(30(38)12-32(24)40)15(3)20-6-18(13)26(34)10-28(20)36;2*1-5-11-6-2-9(1)10-3-7-12-8-4-10;;/h5-16,33-40H,1-4H3;2*1-8H;2*1H2. The Kier molecular flexibility index (Phi) is 15.5. The smallest absolute Gasteiger partial charge is 0.123 e. The fourth-order valence-electron chi connectivity index (χ4n) is 8.07. The first kappa shape index (κ1) is 48.8. The zero-order valence-electron chi connectivity index (χ0n) is 36.5. The molecule has 0 radical (unpaired) electrons. The van der Waals surface area contributed by atoms with Crippen molar-refractivity contribution in [1.29, 1.82) is 0 Å². The van der Waals surface area contributed by atoms with E-state index in [2.05, 4.69) is 19.9 Å². The van der Waals surface area contributed by atoms with Crippen LogP contribution in [0.4, 0.5) is 0 Å². The Labute approximate surface area is 381 Å². The molecular formula is C52H52N4O10. The summed E-state index contributed by atoms with van der Waals surface area (Å²) >= 11 is 0. The Hall–Kier alpha value is -8.20. The quantitative estimate of drug-likeness (QED) is 0.0808. The maximum atomic E-state index is 10.8. The van der Waals surface area contributed by atoms with Gasteiger partial charge in [0.25, 0.3) is 0 Å². The molecule has 8 aromatic rings. The summed E-state index contributed by atoms with van der Waals surface area (Å²) in [7, 11) is 0. The number of aromatic hydroxyl groups is 8. The summed E-state index contributed by atoms with van der Waals surface area (Å²) in [6, 6.07) is 27.1. The number of phenolic OH excluding ortho intramolecular Hbond substituents is 8. The molecule has 9 rings (SSSR count). The maximum Gasteiger partial charge on any atom is 0.123 e. The molecule has 0 saturated carbocycles. The number of fused-ring (bicyclic) bond motifs is 8. The normalized spacial score (nSPS) is 15.8. The first-order valence-corrected chi connectivity index (χ1v) is 20.6. The van der Waals surface area contributed by atoms with E-state index in [1.165, 1.54) is 46.5 Å². The molecule has 8 bridgehead atoms. The summed E-state index contributed by atoms with van der Waals surface area (Å²) in [5.74, 6) is -3.99.